The Hall–Kier alpha value is -2.23. The summed E-state index contributed by atoms with van der Waals surface area (Å²) < 4.78 is 10.5. The van der Waals surface area contributed by atoms with Crippen LogP contribution in [-0.4, -0.2) is 24.3 Å². The number of rotatable bonds is 4. The van der Waals surface area contributed by atoms with Gasteiger partial charge in [0.1, 0.15) is 17.1 Å². The smallest absolute Gasteiger partial charge is 0.342 e. The number of esters is 1. The van der Waals surface area contributed by atoms with Gasteiger partial charge in [-0.2, -0.15) is 0 Å². The molecule has 0 heterocycles. The second-order valence-corrected chi connectivity index (χ2v) is 3.97. The van der Waals surface area contributed by atoms with Crippen LogP contribution >= 0.6 is 0 Å². The molecule has 100 valence electrons. The summed E-state index contributed by atoms with van der Waals surface area (Å²) in [4.78, 5) is 12.0. The fourth-order valence-electron chi connectivity index (χ4n) is 2.00. The van der Waals surface area contributed by atoms with Gasteiger partial charge in [-0.25, -0.2) is 4.79 Å². The lowest BCUT2D eigenvalue weighted by atomic mass is 10.1. The highest BCUT2D eigenvalue weighted by Gasteiger charge is 2.25. The van der Waals surface area contributed by atoms with Gasteiger partial charge >= 0.3 is 5.97 Å². The summed E-state index contributed by atoms with van der Waals surface area (Å²) in [5.41, 5.74) is 1.58. The highest BCUT2D eigenvalue weighted by molar-refractivity contribution is 6.03. The molecule has 0 atom stereocenters. The summed E-state index contributed by atoms with van der Waals surface area (Å²) in [5.74, 6) is 0.112. The number of hydrogen-bond acceptors (Lipinski definition) is 4. The van der Waals surface area contributed by atoms with Gasteiger partial charge in [0.05, 0.1) is 13.2 Å². The minimum absolute atomic E-state index is 0.108. The zero-order valence-electron chi connectivity index (χ0n) is 11.0. The van der Waals surface area contributed by atoms with Crippen LogP contribution in [0.5, 0.6) is 11.5 Å². The quantitative estimate of drug-likeness (QED) is 0.858. The molecule has 19 heavy (non-hydrogen) atoms. The highest BCUT2D eigenvalue weighted by atomic mass is 16.5. The Morgan fingerprint density at radius 3 is 2.58 bits per heavy atom. The molecule has 2 aliphatic carbocycles. The van der Waals surface area contributed by atoms with E-state index in [9.17, 15) is 9.90 Å². The summed E-state index contributed by atoms with van der Waals surface area (Å²) in [6.45, 7) is 4.32. The molecule has 0 bridgehead atoms. The summed E-state index contributed by atoms with van der Waals surface area (Å²) in [6, 6.07) is 8.49. The molecule has 0 aromatic rings. The first kappa shape index (κ1) is 13.2. The largest absolute Gasteiger partial charge is 0.507 e. The fraction of sp³-hybridized carbons (Fsp3) is 0.267. The lowest BCUT2D eigenvalue weighted by molar-refractivity contribution is 0.0523. The van der Waals surface area contributed by atoms with Crippen LogP contribution in [0.1, 0.15) is 24.2 Å². The van der Waals surface area contributed by atoms with E-state index < -0.39 is 5.97 Å². The van der Waals surface area contributed by atoms with E-state index >= 15 is 0 Å². The first-order chi connectivity index (χ1) is 9.19. The molecule has 4 nitrogen and oxygen atoms in total. The predicted octanol–water partition coefficient (Wildman–Crippen LogP) is 3.07. The number of aromatic hydroxyl groups is 1. The van der Waals surface area contributed by atoms with Crippen LogP contribution in [0.2, 0.25) is 0 Å². The second kappa shape index (κ2) is 5.61. The zero-order valence-corrected chi connectivity index (χ0v) is 11.0. The van der Waals surface area contributed by atoms with Crippen LogP contribution in [0.15, 0.2) is 30.3 Å². The molecular formula is C15H16O4. The summed E-state index contributed by atoms with van der Waals surface area (Å²) >= 11 is 0. The first-order valence-electron chi connectivity index (χ1n) is 6.23. The van der Waals surface area contributed by atoms with Crippen molar-refractivity contribution in [1.82, 2.24) is 0 Å². The van der Waals surface area contributed by atoms with Crippen molar-refractivity contribution < 1.29 is 19.4 Å². The van der Waals surface area contributed by atoms with E-state index in [1.807, 2.05) is 6.92 Å². The Labute approximate surface area is 111 Å². The van der Waals surface area contributed by atoms with E-state index in [0.29, 0.717) is 35.7 Å². The van der Waals surface area contributed by atoms with E-state index in [1.165, 1.54) is 0 Å². The zero-order chi connectivity index (χ0) is 13.8. The molecule has 0 aliphatic heterocycles. The maximum Gasteiger partial charge on any atom is 0.342 e. The van der Waals surface area contributed by atoms with E-state index in [0.717, 1.165) is 0 Å². The molecule has 2 aliphatic rings. The van der Waals surface area contributed by atoms with Crippen molar-refractivity contribution in [2.24, 2.45) is 0 Å². The van der Waals surface area contributed by atoms with Crippen LogP contribution in [0, 0.1) is 0 Å². The van der Waals surface area contributed by atoms with E-state index in [4.69, 9.17) is 9.47 Å². The maximum absolute atomic E-state index is 12.0. The van der Waals surface area contributed by atoms with Crippen LogP contribution in [0.4, 0.5) is 0 Å². The van der Waals surface area contributed by atoms with Gasteiger partial charge in [-0.3, -0.25) is 0 Å². The Balaban J connectivity index is 2.62. The molecule has 0 radical (unpaired) electrons. The molecular weight excluding hydrogens is 244 g/mol. The normalized spacial score (nSPS) is 10.4. The summed E-state index contributed by atoms with van der Waals surface area (Å²) in [6.07, 6.45) is 0. The number of carbonyl (C=O) groups is 1. The number of fused-ring (bicyclic) bond motifs is 1. The minimum Gasteiger partial charge on any atom is -0.507 e. The van der Waals surface area contributed by atoms with Gasteiger partial charge in [0, 0.05) is 11.1 Å². The van der Waals surface area contributed by atoms with Crippen molar-refractivity contribution in [2.45, 2.75) is 13.8 Å². The van der Waals surface area contributed by atoms with Crippen molar-refractivity contribution >= 4 is 5.97 Å². The molecule has 0 fully saturated rings. The molecule has 0 saturated carbocycles. The fourth-order valence-corrected chi connectivity index (χ4v) is 2.00. The second-order valence-electron chi connectivity index (χ2n) is 3.97. The molecule has 0 unspecified atom stereocenters. The Bertz CT molecular complexity index is 562. The monoisotopic (exact) mass is 260 g/mol. The van der Waals surface area contributed by atoms with E-state index in [-0.39, 0.29) is 5.75 Å². The molecule has 4 heteroatoms. The average Bonchev–Trinajstić information content (AvgIpc) is 2.64. The van der Waals surface area contributed by atoms with E-state index in [2.05, 4.69) is 0 Å². The van der Waals surface area contributed by atoms with Crippen molar-refractivity contribution in [3.63, 3.8) is 0 Å². The third-order valence-corrected chi connectivity index (χ3v) is 2.76. The van der Waals surface area contributed by atoms with Crippen LogP contribution in [-0.2, 0) is 4.74 Å². The molecule has 0 aromatic heterocycles. The minimum atomic E-state index is -0.438. The molecule has 0 amide bonds. The Morgan fingerprint density at radius 2 is 1.89 bits per heavy atom. The number of carbonyl (C=O) groups excluding carboxylic acids is 1. The van der Waals surface area contributed by atoms with E-state index in [1.54, 1.807) is 37.3 Å². The third-order valence-electron chi connectivity index (χ3n) is 2.76. The van der Waals surface area contributed by atoms with Gasteiger partial charge in [0.15, 0.2) is 0 Å². The first-order valence-corrected chi connectivity index (χ1v) is 6.23. The number of hydrogen-bond donors (Lipinski definition) is 1. The lowest BCUT2D eigenvalue weighted by Gasteiger charge is -2.06. The van der Waals surface area contributed by atoms with Crippen molar-refractivity contribution in [3.05, 3.63) is 35.9 Å². The lowest BCUT2D eigenvalue weighted by Crippen LogP contribution is -2.06. The van der Waals surface area contributed by atoms with Crippen molar-refractivity contribution in [2.75, 3.05) is 13.2 Å². The van der Waals surface area contributed by atoms with Gasteiger partial charge in [-0.05, 0) is 26.0 Å². The van der Waals surface area contributed by atoms with Gasteiger partial charge in [-0.15, -0.1) is 0 Å². The van der Waals surface area contributed by atoms with Gasteiger partial charge < -0.3 is 14.6 Å². The van der Waals surface area contributed by atoms with Crippen LogP contribution in [0.3, 0.4) is 0 Å². The highest BCUT2D eigenvalue weighted by Crippen LogP contribution is 2.41. The molecule has 0 spiro atoms. The van der Waals surface area contributed by atoms with Gasteiger partial charge in [0.25, 0.3) is 0 Å². The Morgan fingerprint density at radius 1 is 1.16 bits per heavy atom. The number of ether oxygens (including phenoxy) is 2. The summed E-state index contributed by atoms with van der Waals surface area (Å²) in [7, 11) is 0. The molecule has 2 rings (SSSR count). The van der Waals surface area contributed by atoms with Gasteiger partial charge in [-0.1, -0.05) is 18.2 Å². The van der Waals surface area contributed by atoms with Crippen molar-refractivity contribution in [3.8, 4) is 22.6 Å². The molecule has 0 aromatic carbocycles. The van der Waals surface area contributed by atoms with Crippen LogP contribution < -0.4 is 4.74 Å². The SMILES string of the molecule is CCOC(=O)c1c(OCC)cc2c(O)ccccc1-2. The third kappa shape index (κ3) is 2.47. The van der Waals surface area contributed by atoms with Gasteiger partial charge in [0.2, 0.25) is 0 Å². The van der Waals surface area contributed by atoms with Crippen molar-refractivity contribution in [1.29, 1.82) is 0 Å². The summed E-state index contributed by atoms with van der Waals surface area (Å²) in [5, 5.41) is 9.94. The Kier molecular flexibility index (Phi) is 3.90. The van der Waals surface area contributed by atoms with Crippen LogP contribution in [0.25, 0.3) is 11.1 Å². The molecule has 0 saturated heterocycles. The average molecular weight is 260 g/mol. The predicted molar refractivity (Wildman–Crippen MR) is 71.9 cm³/mol. The molecule has 1 N–H and O–H groups in total. The topological polar surface area (TPSA) is 55.8 Å². The maximum atomic E-state index is 12.0. The standard InChI is InChI=1S/C15H16O4/c1-3-18-13-9-11-10(7-5-6-8-12(11)16)14(13)15(17)19-4-2/h5-9,16H,3-4H2,1-2H3.